The summed E-state index contributed by atoms with van der Waals surface area (Å²) in [7, 11) is -3.66. The first-order chi connectivity index (χ1) is 23.1. The van der Waals surface area contributed by atoms with E-state index in [4.69, 9.17) is 4.74 Å². The van der Waals surface area contributed by atoms with Gasteiger partial charge in [-0.15, -0.1) is 10.2 Å². The molecule has 13 heteroatoms. The highest BCUT2D eigenvalue weighted by molar-refractivity contribution is 7.99. The number of ketones is 1. The second-order valence-corrected chi connectivity index (χ2v) is 14.0. The quantitative estimate of drug-likeness (QED) is 0.104. The van der Waals surface area contributed by atoms with Gasteiger partial charge in [0.25, 0.3) is 0 Å². The highest BCUT2D eigenvalue weighted by atomic mass is 32.2. The molecule has 48 heavy (non-hydrogen) atoms. The maximum absolute atomic E-state index is 14.2. The van der Waals surface area contributed by atoms with Gasteiger partial charge in [-0.3, -0.25) is 9.36 Å². The molecule has 1 aliphatic heterocycles. The second-order valence-electron chi connectivity index (χ2n) is 11.1. The van der Waals surface area contributed by atoms with Crippen LogP contribution < -0.4 is 4.74 Å². The predicted octanol–water partition coefficient (Wildman–Crippen LogP) is 7.68. The van der Waals surface area contributed by atoms with Crippen LogP contribution in [0.1, 0.15) is 41.0 Å². The van der Waals surface area contributed by atoms with Crippen molar-refractivity contribution < 1.29 is 31.1 Å². The summed E-state index contributed by atoms with van der Waals surface area (Å²) in [6.45, 7) is 0.721. The van der Waals surface area contributed by atoms with E-state index in [-0.39, 0.29) is 45.3 Å². The van der Waals surface area contributed by atoms with E-state index in [1.165, 1.54) is 51.3 Å². The smallest absolute Gasteiger partial charge is 0.418 e. The van der Waals surface area contributed by atoms with Crippen LogP contribution in [-0.2, 0) is 22.8 Å². The molecule has 0 radical (unpaired) electrons. The number of hydrogen-bond donors (Lipinski definition) is 0. The second kappa shape index (κ2) is 14.3. The van der Waals surface area contributed by atoms with Crippen LogP contribution in [0.4, 0.5) is 13.2 Å². The Kier molecular flexibility index (Phi) is 9.99. The van der Waals surface area contributed by atoms with E-state index in [1.807, 2.05) is 42.5 Å². The lowest BCUT2D eigenvalue weighted by Gasteiger charge is -2.25. The zero-order chi connectivity index (χ0) is 33.7. The third-order valence-electron chi connectivity index (χ3n) is 7.94. The molecule has 0 bridgehead atoms. The van der Waals surface area contributed by atoms with Gasteiger partial charge in [-0.05, 0) is 48.7 Å². The molecular formula is C35H31F3N4O4S2. The van der Waals surface area contributed by atoms with Crippen molar-refractivity contribution in [1.82, 2.24) is 19.1 Å². The van der Waals surface area contributed by atoms with Gasteiger partial charge >= 0.3 is 6.18 Å². The van der Waals surface area contributed by atoms with Crippen LogP contribution in [0.15, 0.2) is 113 Å². The van der Waals surface area contributed by atoms with E-state index in [2.05, 4.69) is 10.2 Å². The zero-order valence-electron chi connectivity index (χ0n) is 25.6. The number of sulfonamides is 1. The first-order valence-corrected chi connectivity index (χ1v) is 17.7. The lowest BCUT2D eigenvalue weighted by molar-refractivity contribution is -0.137. The summed E-state index contributed by atoms with van der Waals surface area (Å²) < 4.78 is 77.4. The molecule has 1 saturated heterocycles. The van der Waals surface area contributed by atoms with E-state index in [9.17, 15) is 26.4 Å². The standard InChI is InChI=1S/C35H31F3N4O4S2/c36-35(37,38)29-14-6-7-15-30(29)42-33(23-46-32-16-8-5-13-28(32)25-11-3-1-4-12-25)39-40-34(42)47-24-31(43)26-17-19-27(20-18-26)48(44,45)41-21-9-2-10-22-41/h1,3-8,11-20H,2,9-10,21-24H2. The summed E-state index contributed by atoms with van der Waals surface area (Å²) in [5.41, 5.74) is 0.878. The number of carbonyl (C=O) groups excluding carboxylic acids is 1. The van der Waals surface area contributed by atoms with Crippen LogP contribution in [0, 0.1) is 0 Å². The number of alkyl halides is 3. The van der Waals surface area contributed by atoms with Gasteiger partial charge in [-0.25, -0.2) is 8.42 Å². The first-order valence-electron chi connectivity index (χ1n) is 15.3. The Bertz CT molecular complexity index is 1990. The summed E-state index contributed by atoms with van der Waals surface area (Å²) in [4.78, 5) is 13.3. The number of rotatable bonds is 11. The van der Waals surface area contributed by atoms with Gasteiger partial charge in [-0.1, -0.05) is 91.0 Å². The minimum Gasteiger partial charge on any atom is -0.485 e. The highest BCUT2D eigenvalue weighted by Crippen LogP contribution is 2.36. The van der Waals surface area contributed by atoms with Crippen molar-refractivity contribution in [3.63, 3.8) is 0 Å². The van der Waals surface area contributed by atoms with Gasteiger partial charge < -0.3 is 4.74 Å². The number of thioether (sulfide) groups is 1. The topological polar surface area (TPSA) is 94.4 Å². The summed E-state index contributed by atoms with van der Waals surface area (Å²) in [6, 6.07) is 27.7. The number of para-hydroxylation sites is 2. The Balaban J connectivity index is 1.25. The maximum atomic E-state index is 14.2. The minimum absolute atomic E-state index is 0.0688. The number of carbonyl (C=O) groups is 1. The summed E-state index contributed by atoms with van der Waals surface area (Å²) in [6.07, 6.45) is -2.07. The molecule has 248 valence electrons. The fourth-order valence-electron chi connectivity index (χ4n) is 5.51. The maximum Gasteiger partial charge on any atom is 0.418 e. The number of piperidine rings is 1. The van der Waals surface area contributed by atoms with Gasteiger partial charge in [0.1, 0.15) is 12.4 Å². The monoisotopic (exact) mass is 692 g/mol. The van der Waals surface area contributed by atoms with Crippen molar-refractivity contribution in [3.05, 3.63) is 120 Å². The third kappa shape index (κ3) is 7.33. The molecule has 1 aromatic heterocycles. The van der Waals surface area contributed by atoms with Crippen LogP contribution >= 0.6 is 11.8 Å². The zero-order valence-corrected chi connectivity index (χ0v) is 27.3. The van der Waals surface area contributed by atoms with Crippen LogP contribution in [0.25, 0.3) is 16.8 Å². The third-order valence-corrected chi connectivity index (χ3v) is 10.8. The number of halogens is 3. The van der Waals surface area contributed by atoms with Gasteiger partial charge in [0.2, 0.25) is 10.0 Å². The van der Waals surface area contributed by atoms with E-state index < -0.39 is 21.8 Å². The first kappa shape index (κ1) is 33.4. The summed E-state index contributed by atoms with van der Waals surface area (Å²) >= 11 is 0.930. The fraction of sp³-hybridized carbons (Fsp3) is 0.229. The Morgan fingerprint density at radius 1 is 0.812 bits per heavy atom. The lowest BCUT2D eigenvalue weighted by Crippen LogP contribution is -2.35. The Morgan fingerprint density at radius 2 is 1.48 bits per heavy atom. The van der Waals surface area contributed by atoms with E-state index in [1.54, 1.807) is 12.1 Å². The number of hydrogen-bond acceptors (Lipinski definition) is 7. The summed E-state index contributed by atoms with van der Waals surface area (Å²) in [5.74, 6) is 0.0897. The van der Waals surface area contributed by atoms with Crippen LogP contribution in [0.2, 0.25) is 0 Å². The van der Waals surface area contributed by atoms with Crippen molar-refractivity contribution in [2.75, 3.05) is 18.8 Å². The molecule has 0 amide bonds. The van der Waals surface area contributed by atoms with Gasteiger partial charge in [0.15, 0.2) is 16.8 Å². The van der Waals surface area contributed by atoms with Crippen LogP contribution in [0.3, 0.4) is 0 Å². The lowest BCUT2D eigenvalue weighted by atomic mass is 10.1. The summed E-state index contributed by atoms with van der Waals surface area (Å²) in [5, 5.41) is 8.42. The molecule has 0 atom stereocenters. The number of benzene rings is 4. The largest absolute Gasteiger partial charge is 0.485 e. The normalized spacial score (nSPS) is 14.1. The Labute approximate surface area is 280 Å². The van der Waals surface area contributed by atoms with E-state index in [0.717, 1.165) is 48.2 Å². The molecule has 2 heterocycles. The minimum atomic E-state index is -4.67. The molecule has 6 rings (SSSR count). The highest BCUT2D eigenvalue weighted by Gasteiger charge is 2.35. The molecule has 0 spiro atoms. The van der Waals surface area contributed by atoms with E-state index >= 15 is 0 Å². The molecule has 0 N–H and O–H groups in total. The van der Waals surface area contributed by atoms with Crippen molar-refractivity contribution in [3.8, 4) is 22.6 Å². The molecule has 5 aromatic rings. The van der Waals surface area contributed by atoms with Crippen molar-refractivity contribution >= 4 is 27.6 Å². The average Bonchev–Trinajstić information content (AvgIpc) is 3.52. The molecule has 0 saturated carbocycles. The van der Waals surface area contributed by atoms with Crippen LogP contribution in [-0.4, -0.2) is 52.1 Å². The molecule has 4 aromatic carbocycles. The number of ether oxygens (including phenoxy) is 1. The molecule has 8 nitrogen and oxygen atoms in total. The number of aromatic nitrogens is 3. The average molecular weight is 693 g/mol. The molecular weight excluding hydrogens is 662 g/mol. The molecule has 1 fully saturated rings. The fourth-order valence-corrected chi connectivity index (χ4v) is 7.88. The molecule has 1 aliphatic rings. The molecule has 0 unspecified atom stereocenters. The molecule has 0 aliphatic carbocycles. The Hall–Kier alpha value is -4.46. The van der Waals surface area contributed by atoms with Crippen LogP contribution in [0.5, 0.6) is 5.75 Å². The van der Waals surface area contributed by atoms with Gasteiger partial charge in [-0.2, -0.15) is 17.5 Å². The SMILES string of the molecule is O=C(CSc1nnc(COc2ccccc2-c2ccccc2)n1-c1ccccc1C(F)(F)F)c1ccc(S(=O)(=O)N2CCCCC2)cc1. The van der Waals surface area contributed by atoms with Gasteiger partial charge in [0, 0.05) is 24.2 Å². The number of Topliss-reactive ketones (excluding diaryl/α,β-unsaturated/α-hetero) is 1. The van der Waals surface area contributed by atoms with Crippen molar-refractivity contribution in [2.45, 2.75) is 42.1 Å². The van der Waals surface area contributed by atoms with Gasteiger partial charge in [0.05, 0.1) is 21.9 Å². The van der Waals surface area contributed by atoms with Crippen molar-refractivity contribution in [2.24, 2.45) is 0 Å². The number of nitrogens with zero attached hydrogens (tertiary/aromatic N) is 4. The Morgan fingerprint density at radius 3 is 2.21 bits per heavy atom. The predicted molar refractivity (Wildman–Crippen MR) is 177 cm³/mol. The van der Waals surface area contributed by atoms with E-state index in [0.29, 0.717) is 18.8 Å². The van der Waals surface area contributed by atoms with Crippen molar-refractivity contribution in [1.29, 1.82) is 0 Å².